The van der Waals surface area contributed by atoms with Crippen LogP contribution in [0.4, 0.5) is 13.2 Å². The van der Waals surface area contributed by atoms with Crippen LogP contribution in [0.2, 0.25) is 0 Å². The van der Waals surface area contributed by atoms with Gasteiger partial charge in [-0.05, 0) is 0 Å². The molecule has 0 bridgehead atoms. The summed E-state index contributed by atoms with van der Waals surface area (Å²) < 4.78 is 31.5. The Morgan fingerprint density at radius 2 is 1.42 bits per heavy atom. The number of carbonyl (C=O) groups is 2. The van der Waals surface area contributed by atoms with Crippen molar-refractivity contribution in [3.05, 3.63) is 0 Å². The summed E-state index contributed by atoms with van der Waals surface area (Å²) in [6.45, 7) is 1.08. The van der Waals surface area contributed by atoms with Gasteiger partial charge in [-0.25, -0.2) is 0 Å². The number of aliphatic carboxylic acids is 2. The first-order valence-corrected chi connectivity index (χ1v) is 2.15. The van der Waals surface area contributed by atoms with Gasteiger partial charge in [0.15, 0.2) is 0 Å². The molecule has 4 nitrogen and oxygen atoms in total. The molecule has 0 aliphatic heterocycles. The average Bonchev–Trinajstić information content (AvgIpc) is 1.59. The van der Waals surface area contributed by atoms with Crippen molar-refractivity contribution < 1.29 is 51.8 Å². The molecule has 0 aromatic carbocycles. The standard InChI is InChI=1S/C2HF3O2.C2H4O2.Li/c3-2(4,5)1(6)7;1-2(3)4;/h(H,6,7);1H3,(H,3,4);/q;;+1/p-1. The number of carbonyl (C=O) groups excluding carboxylic acids is 1. The van der Waals surface area contributed by atoms with E-state index in [0.717, 1.165) is 6.92 Å². The number of hydrogen-bond acceptors (Lipinski definition) is 3. The van der Waals surface area contributed by atoms with E-state index in [2.05, 4.69) is 0 Å². The zero-order valence-corrected chi connectivity index (χ0v) is 6.31. The van der Waals surface area contributed by atoms with Gasteiger partial charge in [-0.2, -0.15) is 13.2 Å². The van der Waals surface area contributed by atoms with Gasteiger partial charge in [0.25, 0.3) is 5.97 Å². The molecule has 0 fully saturated rings. The molecule has 0 saturated heterocycles. The van der Waals surface area contributed by atoms with Crippen molar-refractivity contribution in [1.82, 2.24) is 0 Å². The van der Waals surface area contributed by atoms with Crippen LogP contribution in [0, 0.1) is 0 Å². The minimum Gasteiger partial charge on any atom is -0.542 e. The first kappa shape index (κ1) is 17.4. The van der Waals surface area contributed by atoms with Gasteiger partial charge in [-0.1, -0.05) is 0 Å². The Bertz CT molecular complexity index is 151. The molecule has 0 radical (unpaired) electrons. The monoisotopic (exact) mass is 180 g/mol. The van der Waals surface area contributed by atoms with Crippen LogP contribution in [0.3, 0.4) is 0 Å². The summed E-state index contributed by atoms with van der Waals surface area (Å²) in [5.74, 6) is -3.84. The number of halogens is 3. The van der Waals surface area contributed by atoms with Crippen molar-refractivity contribution in [3.63, 3.8) is 0 Å². The van der Waals surface area contributed by atoms with E-state index in [1.54, 1.807) is 0 Å². The van der Waals surface area contributed by atoms with Gasteiger partial charge in [0.1, 0.15) is 5.97 Å². The largest absolute Gasteiger partial charge is 1.00 e. The second-order valence-corrected chi connectivity index (χ2v) is 1.30. The fourth-order valence-electron chi connectivity index (χ4n) is 0. The third-order valence-electron chi connectivity index (χ3n) is 0.231. The summed E-state index contributed by atoms with van der Waals surface area (Å²) in [5, 5.41) is 16.2. The van der Waals surface area contributed by atoms with Crippen molar-refractivity contribution >= 4 is 11.9 Å². The Labute approximate surface area is 77.5 Å². The average molecular weight is 180 g/mol. The van der Waals surface area contributed by atoms with E-state index in [9.17, 15) is 13.2 Å². The molecular weight excluding hydrogens is 176 g/mol. The molecule has 0 spiro atoms. The van der Waals surface area contributed by atoms with Crippen molar-refractivity contribution in [3.8, 4) is 0 Å². The van der Waals surface area contributed by atoms with E-state index < -0.39 is 18.1 Å². The van der Waals surface area contributed by atoms with Gasteiger partial charge in [-0.15, -0.1) is 0 Å². The van der Waals surface area contributed by atoms with Gasteiger partial charge in [0, 0.05) is 6.92 Å². The molecule has 0 amide bonds. The zero-order chi connectivity index (χ0) is 9.65. The molecular formula is C4H4F3LiO4. The molecule has 0 unspecified atom stereocenters. The normalized spacial score (nSPS) is 8.67. The van der Waals surface area contributed by atoms with E-state index in [1.165, 1.54) is 0 Å². The van der Waals surface area contributed by atoms with E-state index in [0.29, 0.717) is 0 Å². The number of rotatable bonds is 0. The maximum Gasteiger partial charge on any atom is 1.00 e. The summed E-state index contributed by atoms with van der Waals surface area (Å²) in [7, 11) is 0. The number of hydrogen-bond donors (Lipinski definition) is 1. The Morgan fingerprint density at radius 3 is 1.42 bits per heavy atom. The van der Waals surface area contributed by atoms with Crippen LogP contribution in [0.25, 0.3) is 0 Å². The fraction of sp³-hybridized carbons (Fsp3) is 0.500. The molecule has 1 N–H and O–H groups in total. The quantitative estimate of drug-likeness (QED) is 0.390. The van der Waals surface area contributed by atoms with Gasteiger partial charge in [0.05, 0.1) is 0 Å². The van der Waals surface area contributed by atoms with Gasteiger partial charge >= 0.3 is 25.0 Å². The van der Waals surface area contributed by atoms with Crippen LogP contribution in [-0.2, 0) is 9.59 Å². The maximum absolute atomic E-state index is 10.5. The van der Waals surface area contributed by atoms with Crippen molar-refractivity contribution in [2.75, 3.05) is 0 Å². The molecule has 12 heavy (non-hydrogen) atoms. The van der Waals surface area contributed by atoms with E-state index >= 15 is 0 Å². The molecule has 0 saturated carbocycles. The predicted octanol–water partition coefficient (Wildman–Crippen LogP) is -3.61. The first-order chi connectivity index (χ1) is 4.68. The van der Waals surface area contributed by atoms with Crippen LogP contribution in [0.1, 0.15) is 6.92 Å². The molecule has 0 aliphatic rings. The van der Waals surface area contributed by atoms with E-state index in [4.69, 9.17) is 19.8 Å². The van der Waals surface area contributed by atoms with Crippen LogP contribution in [-0.4, -0.2) is 23.2 Å². The molecule has 66 valence electrons. The van der Waals surface area contributed by atoms with Crippen LogP contribution < -0.4 is 24.0 Å². The molecule has 0 aliphatic carbocycles. The number of carboxylic acids is 2. The SMILES string of the molecule is CC(=O)O.O=C([O-])C(F)(F)F.[Li+]. The summed E-state index contributed by atoms with van der Waals surface area (Å²) in [5.41, 5.74) is 0. The third kappa shape index (κ3) is 22.8. The Morgan fingerprint density at radius 1 is 1.33 bits per heavy atom. The van der Waals surface area contributed by atoms with Crippen molar-refractivity contribution in [2.24, 2.45) is 0 Å². The second-order valence-electron chi connectivity index (χ2n) is 1.30. The third-order valence-corrected chi connectivity index (χ3v) is 0.231. The molecule has 8 heteroatoms. The fourth-order valence-corrected chi connectivity index (χ4v) is 0. The van der Waals surface area contributed by atoms with Gasteiger partial charge in [-0.3, -0.25) is 4.79 Å². The minimum atomic E-state index is -5.19. The summed E-state index contributed by atoms with van der Waals surface area (Å²) in [6.07, 6.45) is -5.19. The Hall–Kier alpha value is -0.673. The summed E-state index contributed by atoms with van der Waals surface area (Å²) in [4.78, 5) is 17.8. The smallest absolute Gasteiger partial charge is 0.542 e. The van der Waals surface area contributed by atoms with Crippen molar-refractivity contribution in [1.29, 1.82) is 0 Å². The number of carboxylic acid groups (broad SMARTS) is 2. The molecule has 0 atom stereocenters. The van der Waals surface area contributed by atoms with Crippen LogP contribution >= 0.6 is 0 Å². The Balaban J connectivity index is -0.000000142. The predicted molar refractivity (Wildman–Crippen MR) is 24.4 cm³/mol. The topological polar surface area (TPSA) is 77.4 Å². The van der Waals surface area contributed by atoms with Gasteiger partial charge in [0.2, 0.25) is 0 Å². The van der Waals surface area contributed by atoms with Crippen LogP contribution in [0.15, 0.2) is 0 Å². The van der Waals surface area contributed by atoms with Gasteiger partial charge < -0.3 is 15.0 Å². The molecule has 0 rings (SSSR count). The summed E-state index contributed by atoms with van der Waals surface area (Å²) in [6, 6.07) is 0. The maximum atomic E-state index is 10.5. The van der Waals surface area contributed by atoms with Crippen LogP contribution in [0.5, 0.6) is 0 Å². The molecule has 0 aromatic heterocycles. The minimum absolute atomic E-state index is 0. The molecule has 0 heterocycles. The molecule has 0 aromatic rings. The Kier molecular flexibility index (Phi) is 10.2. The van der Waals surface area contributed by atoms with E-state index in [-0.39, 0.29) is 18.9 Å². The number of alkyl halides is 3. The zero-order valence-electron chi connectivity index (χ0n) is 6.31. The summed E-state index contributed by atoms with van der Waals surface area (Å²) >= 11 is 0. The first-order valence-electron chi connectivity index (χ1n) is 2.15. The second kappa shape index (κ2) is 7.00. The van der Waals surface area contributed by atoms with E-state index in [1.807, 2.05) is 0 Å². The van der Waals surface area contributed by atoms with Crippen molar-refractivity contribution in [2.45, 2.75) is 13.1 Å².